The zero-order valence-electron chi connectivity index (χ0n) is 11.0. The number of anilines is 1. The van der Waals surface area contributed by atoms with Crippen molar-refractivity contribution in [2.45, 2.75) is 31.6 Å². The monoisotopic (exact) mass is 254 g/mol. The lowest BCUT2D eigenvalue weighted by molar-refractivity contribution is 0.679. The minimum Gasteiger partial charge on any atom is -0.354 e. The quantitative estimate of drug-likeness (QED) is 0.773. The molecule has 2 aromatic rings. The minimum absolute atomic E-state index is 0.689. The molecule has 0 spiro atoms. The second-order valence-corrected chi connectivity index (χ2v) is 5.66. The fourth-order valence-electron chi connectivity index (χ4n) is 2.78. The molecule has 0 bridgehead atoms. The van der Waals surface area contributed by atoms with Gasteiger partial charge in [-0.2, -0.15) is 5.10 Å². The van der Waals surface area contributed by atoms with E-state index >= 15 is 0 Å². The number of aromatic nitrogens is 3. The summed E-state index contributed by atoms with van der Waals surface area (Å²) in [6.07, 6.45) is 8.54. The molecule has 3 heterocycles. The van der Waals surface area contributed by atoms with Crippen LogP contribution in [0.1, 0.15) is 37.3 Å². The Morgan fingerprint density at radius 3 is 2.74 bits per heavy atom. The summed E-state index contributed by atoms with van der Waals surface area (Å²) in [5, 5.41) is 4.68. The molecule has 0 N–H and O–H groups in total. The summed E-state index contributed by atoms with van der Waals surface area (Å²) in [5.74, 6) is 1.77. The van der Waals surface area contributed by atoms with E-state index in [1.807, 2.05) is 16.9 Å². The summed E-state index contributed by atoms with van der Waals surface area (Å²) in [6, 6.07) is 2.23. The van der Waals surface area contributed by atoms with E-state index in [2.05, 4.69) is 27.6 Å². The molecule has 0 unspecified atom stereocenters. The van der Waals surface area contributed by atoms with Gasteiger partial charge in [-0.25, -0.2) is 9.50 Å². The van der Waals surface area contributed by atoms with Crippen molar-refractivity contribution in [3.8, 4) is 0 Å². The van der Waals surface area contributed by atoms with Gasteiger partial charge in [-0.3, -0.25) is 0 Å². The maximum absolute atomic E-state index is 4.68. The second-order valence-electron chi connectivity index (χ2n) is 5.66. The van der Waals surface area contributed by atoms with Crippen molar-refractivity contribution in [3.05, 3.63) is 36.3 Å². The van der Waals surface area contributed by atoms with E-state index in [1.165, 1.54) is 24.1 Å². The minimum atomic E-state index is 0.689. The van der Waals surface area contributed by atoms with Crippen LogP contribution in [0.15, 0.2) is 30.6 Å². The highest BCUT2D eigenvalue weighted by Crippen LogP contribution is 2.40. The normalized spacial score (nSPS) is 20.2. The number of fused-ring (bicyclic) bond motifs is 1. The summed E-state index contributed by atoms with van der Waals surface area (Å²) in [4.78, 5) is 6.95. The van der Waals surface area contributed by atoms with Crippen LogP contribution in [-0.2, 0) is 0 Å². The summed E-state index contributed by atoms with van der Waals surface area (Å²) in [7, 11) is 0. The molecule has 0 aromatic carbocycles. The molecule has 1 aliphatic carbocycles. The topological polar surface area (TPSA) is 33.4 Å². The molecule has 2 fully saturated rings. The molecular weight excluding hydrogens is 236 g/mol. The van der Waals surface area contributed by atoms with Crippen LogP contribution in [0.25, 0.3) is 5.52 Å². The van der Waals surface area contributed by atoms with E-state index in [4.69, 9.17) is 0 Å². The first kappa shape index (κ1) is 11.0. The largest absolute Gasteiger partial charge is 0.354 e. The number of hydrogen-bond donors (Lipinski definition) is 0. The van der Waals surface area contributed by atoms with Crippen molar-refractivity contribution < 1.29 is 0 Å². The van der Waals surface area contributed by atoms with Crippen molar-refractivity contribution >= 4 is 11.3 Å². The first-order valence-electron chi connectivity index (χ1n) is 7.07. The summed E-state index contributed by atoms with van der Waals surface area (Å²) in [5.41, 5.74) is 3.74. The van der Waals surface area contributed by atoms with E-state index in [9.17, 15) is 0 Å². The van der Waals surface area contributed by atoms with Crippen molar-refractivity contribution in [2.75, 3.05) is 18.0 Å². The van der Waals surface area contributed by atoms with Gasteiger partial charge in [0.05, 0.1) is 5.69 Å². The van der Waals surface area contributed by atoms with Gasteiger partial charge in [0.1, 0.15) is 5.52 Å². The predicted octanol–water partition coefficient (Wildman–Crippen LogP) is 2.76. The average molecular weight is 254 g/mol. The van der Waals surface area contributed by atoms with Crippen LogP contribution < -0.4 is 4.90 Å². The molecule has 1 saturated heterocycles. The SMILES string of the molecule is C=C1CCN(c2nccn3nc(C4CC4)cc23)CC1. The summed E-state index contributed by atoms with van der Waals surface area (Å²) in [6.45, 7) is 6.12. The van der Waals surface area contributed by atoms with Gasteiger partial charge in [-0.1, -0.05) is 12.2 Å². The number of hydrogen-bond acceptors (Lipinski definition) is 3. The van der Waals surface area contributed by atoms with Crippen molar-refractivity contribution in [3.63, 3.8) is 0 Å². The molecule has 4 heteroatoms. The summed E-state index contributed by atoms with van der Waals surface area (Å²) >= 11 is 0. The molecule has 0 amide bonds. The first-order valence-corrected chi connectivity index (χ1v) is 7.07. The molecule has 1 saturated carbocycles. The lowest BCUT2D eigenvalue weighted by Crippen LogP contribution is -2.31. The maximum atomic E-state index is 4.68. The molecule has 1 aliphatic heterocycles. The Balaban J connectivity index is 1.74. The third-order valence-electron chi connectivity index (χ3n) is 4.15. The smallest absolute Gasteiger partial charge is 0.154 e. The standard InChI is InChI=1S/C15H18N4/c1-11-4-7-18(8-5-11)15-14-10-13(12-2-3-12)17-19(14)9-6-16-15/h6,9-10,12H,1-5,7-8H2. The third-order valence-corrected chi connectivity index (χ3v) is 4.15. The Morgan fingerprint density at radius 1 is 1.21 bits per heavy atom. The maximum Gasteiger partial charge on any atom is 0.154 e. The fourth-order valence-corrected chi connectivity index (χ4v) is 2.78. The lowest BCUT2D eigenvalue weighted by Gasteiger charge is -2.29. The van der Waals surface area contributed by atoms with Crippen LogP contribution in [-0.4, -0.2) is 27.7 Å². The molecule has 98 valence electrons. The molecule has 4 nitrogen and oxygen atoms in total. The molecule has 0 atom stereocenters. The molecule has 0 radical (unpaired) electrons. The second kappa shape index (κ2) is 4.08. The van der Waals surface area contributed by atoms with Crippen molar-refractivity contribution in [1.29, 1.82) is 0 Å². The van der Waals surface area contributed by atoms with Gasteiger partial charge in [0, 0.05) is 31.4 Å². The van der Waals surface area contributed by atoms with E-state index in [1.54, 1.807) is 0 Å². The van der Waals surface area contributed by atoms with Crippen molar-refractivity contribution in [2.24, 2.45) is 0 Å². The Bertz CT molecular complexity index is 629. The molecule has 2 aromatic heterocycles. The Labute approximate surface area is 112 Å². The van der Waals surface area contributed by atoms with Gasteiger partial charge in [0.2, 0.25) is 0 Å². The van der Waals surface area contributed by atoms with Crippen LogP contribution in [0.5, 0.6) is 0 Å². The number of nitrogens with zero attached hydrogens (tertiary/aromatic N) is 4. The Morgan fingerprint density at radius 2 is 2.00 bits per heavy atom. The van der Waals surface area contributed by atoms with Crippen LogP contribution in [0, 0.1) is 0 Å². The van der Waals surface area contributed by atoms with Crippen LogP contribution in [0.4, 0.5) is 5.82 Å². The van der Waals surface area contributed by atoms with Crippen LogP contribution >= 0.6 is 0 Å². The highest BCUT2D eigenvalue weighted by Gasteiger charge is 2.27. The summed E-state index contributed by atoms with van der Waals surface area (Å²) < 4.78 is 1.99. The van der Waals surface area contributed by atoms with Crippen LogP contribution in [0.2, 0.25) is 0 Å². The van der Waals surface area contributed by atoms with E-state index in [0.29, 0.717) is 5.92 Å². The first-order chi connectivity index (χ1) is 9.31. The van der Waals surface area contributed by atoms with E-state index in [-0.39, 0.29) is 0 Å². The fraction of sp³-hybridized carbons (Fsp3) is 0.467. The van der Waals surface area contributed by atoms with Gasteiger partial charge < -0.3 is 4.90 Å². The molecule has 2 aliphatic rings. The lowest BCUT2D eigenvalue weighted by atomic mass is 10.1. The van der Waals surface area contributed by atoms with Gasteiger partial charge in [-0.15, -0.1) is 0 Å². The highest BCUT2D eigenvalue weighted by atomic mass is 15.3. The van der Waals surface area contributed by atoms with Gasteiger partial charge >= 0.3 is 0 Å². The highest BCUT2D eigenvalue weighted by molar-refractivity contribution is 5.69. The zero-order chi connectivity index (χ0) is 12.8. The number of rotatable bonds is 2. The average Bonchev–Trinajstić information content (AvgIpc) is 3.18. The van der Waals surface area contributed by atoms with Crippen LogP contribution in [0.3, 0.4) is 0 Å². The molecular formula is C15H18N4. The van der Waals surface area contributed by atoms with E-state index in [0.717, 1.165) is 37.3 Å². The Hall–Kier alpha value is -1.84. The molecule has 4 rings (SSSR count). The van der Waals surface area contributed by atoms with Gasteiger partial charge in [0.25, 0.3) is 0 Å². The predicted molar refractivity (Wildman–Crippen MR) is 75.5 cm³/mol. The third kappa shape index (κ3) is 1.91. The van der Waals surface area contributed by atoms with E-state index < -0.39 is 0 Å². The van der Waals surface area contributed by atoms with Crippen molar-refractivity contribution in [1.82, 2.24) is 14.6 Å². The Kier molecular flexibility index (Phi) is 2.37. The number of piperidine rings is 1. The van der Waals surface area contributed by atoms with Gasteiger partial charge in [-0.05, 0) is 31.7 Å². The van der Waals surface area contributed by atoms with Gasteiger partial charge in [0.15, 0.2) is 5.82 Å². The zero-order valence-corrected chi connectivity index (χ0v) is 11.0. The molecule has 19 heavy (non-hydrogen) atoms.